The summed E-state index contributed by atoms with van der Waals surface area (Å²) in [7, 11) is 0. The highest BCUT2D eigenvalue weighted by Crippen LogP contribution is 2.18. The van der Waals surface area contributed by atoms with E-state index in [0.717, 1.165) is 10.9 Å². The van der Waals surface area contributed by atoms with E-state index in [1.54, 1.807) is 6.07 Å². The summed E-state index contributed by atoms with van der Waals surface area (Å²) in [6.45, 7) is 1.12. The maximum atomic E-state index is 12.1. The van der Waals surface area contributed by atoms with Crippen molar-refractivity contribution in [2.45, 2.75) is 19.3 Å². The minimum Gasteiger partial charge on any atom is -0.421 e. The summed E-state index contributed by atoms with van der Waals surface area (Å²) in [5.41, 5.74) is 0.633. The molecule has 4 rings (SSSR count). The lowest BCUT2D eigenvalue weighted by Gasteiger charge is -2.08. The maximum absolute atomic E-state index is 12.1. The number of carbonyl (C=O) groups is 1. The summed E-state index contributed by atoms with van der Waals surface area (Å²) in [5, 5.41) is 22.0. The molecule has 0 fully saturated rings. The number of fused-ring (bicyclic) bond motifs is 1. The normalized spacial score (nSPS) is 10.8. The summed E-state index contributed by atoms with van der Waals surface area (Å²) in [4.78, 5) is 23.9. The SMILES string of the molecule is O=C(CCc1nnc(-c2ccccc2)o1)NCCCNc1n[nH]c(=O)c2ccccc12. The standard InChI is InChI=1S/C22H22N6O3/c29-18(11-12-19-25-28-22(31-19)15-7-2-1-3-8-15)23-13-6-14-24-20-16-9-4-5-10-17(16)21(30)27-26-20/h1-5,7-10H,6,11-14H2,(H,23,29)(H,24,26)(H,27,30). The summed E-state index contributed by atoms with van der Waals surface area (Å²) in [6.07, 6.45) is 1.37. The van der Waals surface area contributed by atoms with E-state index in [-0.39, 0.29) is 17.9 Å². The van der Waals surface area contributed by atoms with Gasteiger partial charge in [-0.1, -0.05) is 36.4 Å². The first-order valence-electron chi connectivity index (χ1n) is 10.1. The first-order chi connectivity index (χ1) is 15.2. The molecule has 0 aliphatic heterocycles. The van der Waals surface area contributed by atoms with Crippen molar-refractivity contribution in [3.8, 4) is 11.5 Å². The summed E-state index contributed by atoms with van der Waals surface area (Å²) in [6, 6.07) is 16.8. The van der Waals surface area contributed by atoms with Gasteiger partial charge in [-0.25, -0.2) is 5.10 Å². The Morgan fingerprint density at radius 1 is 0.968 bits per heavy atom. The lowest BCUT2D eigenvalue weighted by atomic mass is 10.2. The molecule has 0 radical (unpaired) electrons. The number of aryl methyl sites for hydroxylation is 1. The number of H-pyrrole nitrogens is 1. The first kappa shape index (κ1) is 20.3. The number of carbonyl (C=O) groups excluding carboxylic acids is 1. The largest absolute Gasteiger partial charge is 0.421 e. The van der Waals surface area contributed by atoms with Crippen LogP contribution in [0.15, 0.2) is 63.8 Å². The maximum Gasteiger partial charge on any atom is 0.272 e. The summed E-state index contributed by atoms with van der Waals surface area (Å²) < 4.78 is 5.61. The van der Waals surface area contributed by atoms with Crippen LogP contribution in [0.5, 0.6) is 0 Å². The van der Waals surface area contributed by atoms with E-state index in [9.17, 15) is 9.59 Å². The molecule has 0 aliphatic carbocycles. The van der Waals surface area contributed by atoms with Gasteiger partial charge in [0.15, 0.2) is 5.82 Å². The molecule has 0 unspecified atom stereocenters. The Balaban J connectivity index is 1.18. The van der Waals surface area contributed by atoms with E-state index in [2.05, 4.69) is 31.0 Å². The van der Waals surface area contributed by atoms with Crippen molar-refractivity contribution >= 4 is 22.5 Å². The third-order valence-corrected chi connectivity index (χ3v) is 4.72. The van der Waals surface area contributed by atoms with Gasteiger partial charge in [-0.2, -0.15) is 5.10 Å². The van der Waals surface area contributed by atoms with Crippen LogP contribution in [0, 0.1) is 0 Å². The zero-order valence-corrected chi connectivity index (χ0v) is 16.8. The molecule has 0 spiro atoms. The molecular formula is C22H22N6O3. The Bertz CT molecular complexity index is 1220. The molecule has 2 aromatic heterocycles. The fraction of sp³-hybridized carbons (Fsp3) is 0.227. The molecule has 2 heterocycles. The molecule has 3 N–H and O–H groups in total. The molecule has 4 aromatic rings. The number of aromatic nitrogens is 4. The number of anilines is 1. The van der Waals surface area contributed by atoms with Crippen LogP contribution in [0.25, 0.3) is 22.2 Å². The zero-order chi connectivity index (χ0) is 21.5. The van der Waals surface area contributed by atoms with E-state index in [4.69, 9.17) is 4.42 Å². The Hall–Kier alpha value is -4.01. The van der Waals surface area contributed by atoms with Gasteiger partial charge in [-0.05, 0) is 24.6 Å². The molecule has 31 heavy (non-hydrogen) atoms. The van der Waals surface area contributed by atoms with Crippen LogP contribution in [0.2, 0.25) is 0 Å². The highest BCUT2D eigenvalue weighted by Gasteiger charge is 2.10. The molecule has 1 amide bonds. The van der Waals surface area contributed by atoms with E-state index < -0.39 is 0 Å². The molecule has 0 aliphatic rings. The number of amides is 1. The van der Waals surface area contributed by atoms with Crippen molar-refractivity contribution in [1.82, 2.24) is 25.7 Å². The highest BCUT2D eigenvalue weighted by molar-refractivity contribution is 5.90. The molecule has 0 saturated carbocycles. The Kier molecular flexibility index (Phi) is 6.32. The van der Waals surface area contributed by atoms with Crippen molar-refractivity contribution in [3.63, 3.8) is 0 Å². The second-order valence-corrected chi connectivity index (χ2v) is 6.94. The Morgan fingerprint density at radius 2 is 1.74 bits per heavy atom. The van der Waals surface area contributed by atoms with Gasteiger partial charge in [-0.3, -0.25) is 9.59 Å². The van der Waals surface area contributed by atoms with E-state index in [0.29, 0.717) is 48.9 Å². The third-order valence-electron chi connectivity index (χ3n) is 4.72. The van der Waals surface area contributed by atoms with Crippen LogP contribution >= 0.6 is 0 Å². The van der Waals surface area contributed by atoms with Crippen LogP contribution < -0.4 is 16.2 Å². The fourth-order valence-corrected chi connectivity index (χ4v) is 3.13. The summed E-state index contributed by atoms with van der Waals surface area (Å²) in [5.74, 6) is 1.43. The molecular weight excluding hydrogens is 396 g/mol. The average molecular weight is 418 g/mol. The number of hydrogen-bond acceptors (Lipinski definition) is 7. The predicted molar refractivity (Wildman–Crippen MR) is 117 cm³/mol. The summed E-state index contributed by atoms with van der Waals surface area (Å²) >= 11 is 0. The molecule has 9 nitrogen and oxygen atoms in total. The van der Waals surface area contributed by atoms with Crippen LogP contribution in [-0.4, -0.2) is 39.4 Å². The van der Waals surface area contributed by atoms with E-state index >= 15 is 0 Å². The van der Waals surface area contributed by atoms with Crippen LogP contribution in [0.3, 0.4) is 0 Å². The second kappa shape index (κ2) is 9.66. The minimum atomic E-state index is -0.217. The predicted octanol–water partition coefficient (Wildman–Crippen LogP) is 2.52. The van der Waals surface area contributed by atoms with Crippen molar-refractivity contribution in [2.75, 3.05) is 18.4 Å². The quantitative estimate of drug-likeness (QED) is 0.357. The number of hydrogen-bond donors (Lipinski definition) is 3. The molecule has 158 valence electrons. The van der Waals surface area contributed by atoms with E-state index in [1.165, 1.54) is 0 Å². The van der Waals surface area contributed by atoms with Crippen molar-refractivity contribution in [1.29, 1.82) is 0 Å². The van der Waals surface area contributed by atoms with E-state index in [1.807, 2.05) is 48.5 Å². The second-order valence-electron chi connectivity index (χ2n) is 6.94. The Morgan fingerprint density at radius 3 is 2.58 bits per heavy atom. The van der Waals surface area contributed by atoms with Crippen LogP contribution in [-0.2, 0) is 11.2 Å². The van der Waals surface area contributed by atoms with Gasteiger partial charge in [0, 0.05) is 36.9 Å². The lowest BCUT2D eigenvalue weighted by Crippen LogP contribution is -2.26. The molecule has 0 atom stereocenters. The first-order valence-corrected chi connectivity index (χ1v) is 10.1. The monoisotopic (exact) mass is 418 g/mol. The topological polar surface area (TPSA) is 126 Å². The van der Waals surface area contributed by atoms with Gasteiger partial charge in [-0.15, -0.1) is 10.2 Å². The van der Waals surface area contributed by atoms with Crippen molar-refractivity contribution in [3.05, 3.63) is 70.8 Å². The van der Waals surface area contributed by atoms with Gasteiger partial charge in [0.1, 0.15) is 0 Å². The number of nitrogens with zero attached hydrogens (tertiary/aromatic N) is 3. The minimum absolute atomic E-state index is 0.0768. The molecule has 9 heteroatoms. The number of aromatic amines is 1. The Labute approximate surface area is 177 Å². The smallest absolute Gasteiger partial charge is 0.272 e. The molecule has 0 saturated heterocycles. The lowest BCUT2D eigenvalue weighted by molar-refractivity contribution is -0.121. The molecule has 2 aromatic carbocycles. The number of benzene rings is 2. The number of nitrogens with one attached hydrogen (secondary N) is 3. The highest BCUT2D eigenvalue weighted by atomic mass is 16.4. The number of rotatable bonds is 9. The zero-order valence-electron chi connectivity index (χ0n) is 16.8. The van der Waals surface area contributed by atoms with Gasteiger partial charge in [0.25, 0.3) is 5.56 Å². The third kappa shape index (κ3) is 5.13. The van der Waals surface area contributed by atoms with Gasteiger partial charge >= 0.3 is 0 Å². The molecule has 0 bridgehead atoms. The van der Waals surface area contributed by atoms with Gasteiger partial charge in [0.05, 0.1) is 5.39 Å². The van der Waals surface area contributed by atoms with Crippen LogP contribution in [0.1, 0.15) is 18.7 Å². The van der Waals surface area contributed by atoms with Crippen LogP contribution in [0.4, 0.5) is 5.82 Å². The van der Waals surface area contributed by atoms with Gasteiger partial charge < -0.3 is 15.1 Å². The van der Waals surface area contributed by atoms with Gasteiger partial charge in [0.2, 0.25) is 17.7 Å². The van der Waals surface area contributed by atoms with Crippen molar-refractivity contribution in [2.24, 2.45) is 0 Å². The fourth-order valence-electron chi connectivity index (χ4n) is 3.13. The van der Waals surface area contributed by atoms with Crippen molar-refractivity contribution < 1.29 is 9.21 Å². The average Bonchev–Trinajstić information content (AvgIpc) is 3.29.